The van der Waals surface area contributed by atoms with Crippen molar-refractivity contribution in [3.8, 4) is 0 Å². The van der Waals surface area contributed by atoms with E-state index >= 15 is 0 Å². The number of hydrogen-bond acceptors (Lipinski definition) is 3. The number of rotatable bonds is 6. The number of hydrogen-bond donors (Lipinski definition) is 2. The molecule has 1 amide bonds. The van der Waals surface area contributed by atoms with Gasteiger partial charge in [0, 0.05) is 11.4 Å². The second-order valence-corrected chi connectivity index (χ2v) is 6.40. The van der Waals surface area contributed by atoms with Crippen LogP contribution in [0.1, 0.15) is 53.2 Å². The van der Waals surface area contributed by atoms with Crippen LogP contribution >= 0.6 is 11.3 Å². The van der Waals surface area contributed by atoms with Crippen LogP contribution in [0, 0.1) is 5.92 Å². The fourth-order valence-corrected chi connectivity index (χ4v) is 3.89. The first kappa shape index (κ1) is 14.5. The molecular weight excluding hydrogens is 258 g/mol. The molecule has 1 atom stereocenters. The van der Waals surface area contributed by atoms with Crippen molar-refractivity contribution in [1.29, 1.82) is 0 Å². The average molecular weight is 281 g/mol. The molecule has 1 aromatic heterocycles. The number of fused-ring (bicyclic) bond motifs is 1. The van der Waals surface area contributed by atoms with E-state index in [1.54, 1.807) is 11.3 Å². The van der Waals surface area contributed by atoms with Gasteiger partial charge < -0.3 is 10.4 Å². The Morgan fingerprint density at radius 2 is 2.16 bits per heavy atom. The molecule has 3 nitrogen and oxygen atoms in total. The lowest BCUT2D eigenvalue weighted by molar-refractivity contribution is 0.0819. The van der Waals surface area contributed by atoms with Gasteiger partial charge in [0.25, 0.3) is 5.91 Å². The summed E-state index contributed by atoms with van der Waals surface area (Å²) in [7, 11) is 0. The van der Waals surface area contributed by atoms with Crippen molar-refractivity contribution >= 4 is 17.2 Å². The summed E-state index contributed by atoms with van der Waals surface area (Å²) in [5, 5.41) is 12.9. The molecule has 0 fully saturated rings. The van der Waals surface area contributed by atoms with Crippen LogP contribution in [0.15, 0.2) is 6.07 Å². The Labute approximate surface area is 119 Å². The maximum Gasteiger partial charge on any atom is 0.261 e. The summed E-state index contributed by atoms with van der Waals surface area (Å²) in [5.41, 5.74) is 1.34. The van der Waals surface area contributed by atoms with E-state index in [0.717, 1.165) is 30.6 Å². The van der Waals surface area contributed by atoms with Gasteiger partial charge in [-0.25, -0.2) is 0 Å². The zero-order valence-electron chi connectivity index (χ0n) is 11.7. The molecule has 2 N–H and O–H groups in total. The Morgan fingerprint density at radius 1 is 1.42 bits per heavy atom. The van der Waals surface area contributed by atoms with Crippen molar-refractivity contribution in [2.45, 2.75) is 52.1 Å². The summed E-state index contributed by atoms with van der Waals surface area (Å²) in [6.07, 6.45) is 4.89. The molecule has 0 aliphatic heterocycles. The van der Waals surface area contributed by atoms with E-state index in [9.17, 15) is 9.90 Å². The molecule has 19 heavy (non-hydrogen) atoms. The Bertz CT molecular complexity index is 416. The average Bonchev–Trinajstić information content (AvgIpc) is 2.98. The van der Waals surface area contributed by atoms with E-state index in [4.69, 9.17) is 0 Å². The number of thiophene rings is 1. The van der Waals surface area contributed by atoms with Crippen molar-refractivity contribution < 1.29 is 9.90 Å². The van der Waals surface area contributed by atoms with E-state index < -0.39 is 6.10 Å². The first-order valence-electron chi connectivity index (χ1n) is 7.23. The molecule has 4 heteroatoms. The summed E-state index contributed by atoms with van der Waals surface area (Å²) >= 11 is 1.61. The molecule has 106 valence electrons. The monoisotopic (exact) mass is 281 g/mol. The summed E-state index contributed by atoms with van der Waals surface area (Å²) in [5.74, 6) is 0.234. The normalized spacial score (nSPS) is 15.6. The number of aliphatic hydroxyl groups is 1. The molecule has 0 aromatic carbocycles. The number of nitrogens with one attached hydrogen (secondary N) is 1. The summed E-state index contributed by atoms with van der Waals surface area (Å²) in [6.45, 7) is 4.50. The van der Waals surface area contributed by atoms with Gasteiger partial charge in [0.15, 0.2) is 0 Å². The highest BCUT2D eigenvalue weighted by Crippen LogP contribution is 2.30. The Kier molecular flexibility index (Phi) is 4.99. The minimum Gasteiger partial charge on any atom is -0.391 e. The van der Waals surface area contributed by atoms with Gasteiger partial charge in [-0.2, -0.15) is 0 Å². The molecule has 0 radical (unpaired) electrons. The second kappa shape index (κ2) is 6.53. The highest BCUT2D eigenvalue weighted by atomic mass is 32.1. The molecule has 2 rings (SSSR count). The quantitative estimate of drug-likeness (QED) is 0.842. The topological polar surface area (TPSA) is 49.3 Å². The highest BCUT2D eigenvalue weighted by molar-refractivity contribution is 7.14. The Balaban J connectivity index is 1.87. The lowest BCUT2D eigenvalue weighted by atomic mass is 9.96. The van der Waals surface area contributed by atoms with Crippen molar-refractivity contribution in [2.75, 3.05) is 6.54 Å². The van der Waals surface area contributed by atoms with Gasteiger partial charge in [-0.05, 0) is 36.8 Å². The zero-order valence-corrected chi connectivity index (χ0v) is 12.6. The number of carbonyl (C=O) groups is 1. The highest BCUT2D eigenvalue weighted by Gasteiger charge is 2.20. The smallest absolute Gasteiger partial charge is 0.261 e. The predicted molar refractivity (Wildman–Crippen MR) is 78.8 cm³/mol. The van der Waals surface area contributed by atoms with Gasteiger partial charge in [0.05, 0.1) is 11.0 Å². The van der Waals surface area contributed by atoms with Crippen molar-refractivity contribution in [3.63, 3.8) is 0 Å². The van der Waals surface area contributed by atoms with Gasteiger partial charge in [0.2, 0.25) is 0 Å². The maximum absolute atomic E-state index is 12.0. The molecule has 1 aliphatic carbocycles. The predicted octanol–water partition coefficient (Wildman–Crippen LogP) is 2.76. The van der Waals surface area contributed by atoms with E-state index in [2.05, 4.69) is 19.2 Å². The maximum atomic E-state index is 12.0. The third-order valence-electron chi connectivity index (χ3n) is 4.04. The first-order valence-corrected chi connectivity index (χ1v) is 8.05. The minimum atomic E-state index is -0.439. The molecule has 0 saturated heterocycles. The van der Waals surface area contributed by atoms with Crippen LogP contribution in [0.3, 0.4) is 0 Å². The standard InChI is InChI=1S/C15H23NO2S/c1-3-10(4-2)12(17)9-16-15(18)14-8-11-6-5-7-13(11)19-14/h8,10,12,17H,3-7,9H2,1-2H3,(H,16,18). The summed E-state index contributed by atoms with van der Waals surface area (Å²) < 4.78 is 0. The molecule has 1 unspecified atom stereocenters. The first-order chi connectivity index (χ1) is 9.15. The van der Waals surface area contributed by atoms with Crippen molar-refractivity contribution in [2.24, 2.45) is 5.92 Å². The number of aryl methyl sites for hydroxylation is 2. The Hall–Kier alpha value is -0.870. The van der Waals surface area contributed by atoms with E-state index in [1.807, 2.05) is 6.07 Å². The van der Waals surface area contributed by atoms with Gasteiger partial charge in [-0.15, -0.1) is 11.3 Å². The lowest BCUT2D eigenvalue weighted by Gasteiger charge is -2.20. The molecule has 0 saturated carbocycles. The third kappa shape index (κ3) is 3.37. The van der Waals surface area contributed by atoms with Crippen LogP contribution in [0.25, 0.3) is 0 Å². The number of amides is 1. The van der Waals surface area contributed by atoms with Crippen LogP contribution in [0.5, 0.6) is 0 Å². The van der Waals surface area contributed by atoms with Gasteiger partial charge in [-0.3, -0.25) is 4.79 Å². The Morgan fingerprint density at radius 3 is 2.79 bits per heavy atom. The van der Waals surface area contributed by atoms with Crippen LogP contribution in [-0.2, 0) is 12.8 Å². The van der Waals surface area contributed by atoms with E-state index in [0.29, 0.717) is 6.54 Å². The summed E-state index contributed by atoms with van der Waals surface area (Å²) in [6, 6.07) is 2.02. The SMILES string of the molecule is CCC(CC)C(O)CNC(=O)c1cc2c(s1)CCC2. The third-order valence-corrected chi connectivity index (χ3v) is 5.27. The van der Waals surface area contributed by atoms with Crippen molar-refractivity contribution in [1.82, 2.24) is 5.32 Å². The lowest BCUT2D eigenvalue weighted by Crippen LogP contribution is -2.35. The molecule has 0 bridgehead atoms. The molecule has 1 heterocycles. The van der Waals surface area contributed by atoms with Crippen LogP contribution in [0.2, 0.25) is 0 Å². The largest absolute Gasteiger partial charge is 0.391 e. The molecule has 0 spiro atoms. The second-order valence-electron chi connectivity index (χ2n) is 5.27. The molecule has 1 aliphatic rings. The van der Waals surface area contributed by atoms with Crippen LogP contribution in [-0.4, -0.2) is 23.7 Å². The fraction of sp³-hybridized carbons (Fsp3) is 0.667. The molecular formula is C15H23NO2S. The minimum absolute atomic E-state index is 0.0376. The number of carbonyl (C=O) groups excluding carboxylic acids is 1. The van der Waals surface area contributed by atoms with Gasteiger partial charge in [0.1, 0.15) is 0 Å². The van der Waals surface area contributed by atoms with E-state index in [1.165, 1.54) is 16.9 Å². The zero-order chi connectivity index (χ0) is 13.8. The number of aliphatic hydroxyl groups excluding tert-OH is 1. The fourth-order valence-electron chi connectivity index (χ4n) is 2.72. The van der Waals surface area contributed by atoms with Crippen LogP contribution in [0.4, 0.5) is 0 Å². The molecule has 1 aromatic rings. The summed E-state index contributed by atoms with van der Waals surface area (Å²) in [4.78, 5) is 14.2. The van der Waals surface area contributed by atoms with Crippen LogP contribution < -0.4 is 5.32 Å². The van der Waals surface area contributed by atoms with Gasteiger partial charge >= 0.3 is 0 Å². The van der Waals surface area contributed by atoms with Gasteiger partial charge in [-0.1, -0.05) is 26.7 Å². The van der Waals surface area contributed by atoms with Crippen molar-refractivity contribution in [3.05, 3.63) is 21.4 Å². The van der Waals surface area contributed by atoms with E-state index in [-0.39, 0.29) is 11.8 Å².